The average molecular weight is 434 g/mol. The van der Waals surface area contributed by atoms with Crippen LogP contribution in [0.2, 0.25) is 0 Å². The van der Waals surface area contributed by atoms with Crippen molar-refractivity contribution in [2.75, 3.05) is 26.3 Å². The van der Waals surface area contributed by atoms with Gasteiger partial charge < -0.3 is 14.1 Å². The van der Waals surface area contributed by atoms with Gasteiger partial charge in [-0.3, -0.25) is 9.69 Å². The highest BCUT2D eigenvalue weighted by atomic mass is 16.5. The molecule has 1 fully saturated rings. The molecular formula is C26H31N3O3. The molecule has 0 radical (unpaired) electrons. The monoisotopic (exact) mass is 433 g/mol. The van der Waals surface area contributed by atoms with E-state index >= 15 is 0 Å². The molecule has 0 spiro atoms. The Hall–Kier alpha value is -2.96. The van der Waals surface area contributed by atoms with E-state index in [0.717, 1.165) is 6.54 Å². The molecule has 1 amide bonds. The third-order valence-corrected chi connectivity index (χ3v) is 6.12. The van der Waals surface area contributed by atoms with Gasteiger partial charge in [0.25, 0.3) is 5.91 Å². The quantitative estimate of drug-likeness (QED) is 0.548. The number of rotatable bonds is 7. The van der Waals surface area contributed by atoms with Crippen LogP contribution < -0.4 is 0 Å². The first-order valence-corrected chi connectivity index (χ1v) is 11.2. The van der Waals surface area contributed by atoms with Crippen LogP contribution in [-0.2, 0) is 17.8 Å². The van der Waals surface area contributed by atoms with E-state index in [0.29, 0.717) is 44.4 Å². The zero-order valence-corrected chi connectivity index (χ0v) is 19.1. The number of nitrogens with zero attached hydrogens (tertiary/aromatic N) is 3. The minimum atomic E-state index is -0.0968. The number of amides is 1. The van der Waals surface area contributed by atoms with E-state index in [4.69, 9.17) is 9.15 Å². The first-order chi connectivity index (χ1) is 15.5. The molecule has 1 aromatic heterocycles. The van der Waals surface area contributed by atoms with Crippen LogP contribution in [0.1, 0.15) is 51.6 Å². The predicted molar refractivity (Wildman–Crippen MR) is 123 cm³/mol. The zero-order chi connectivity index (χ0) is 22.5. The minimum Gasteiger partial charge on any atom is -0.447 e. The lowest BCUT2D eigenvalue weighted by atomic mass is 10.0. The van der Waals surface area contributed by atoms with Crippen molar-refractivity contribution in [1.82, 2.24) is 14.8 Å². The van der Waals surface area contributed by atoms with E-state index in [1.807, 2.05) is 6.07 Å². The van der Waals surface area contributed by atoms with Crippen molar-refractivity contribution >= 4 is 5.91 Å². The molecule has 0 N–H and O–H groups in total. The maximum atomic E-state index is 12.8. The van der Waals surface area contributed by atoms with Crippen molar-refractivity contribution in [1.29, 1.82) is 0 Å². The van der Waals surface area contributed by atoms with Crippen LogP contribution in [0, 0.1) is 13.8 Å². The molecule has 6 heteroatoms. The standard InChI is InChI=1S/C26H31N3O3/c1-19-9-10-20(2)23(15-19)16-29(21(3)22-7-5-4-6-8-22)17-25-27-24(18-32-25)26(30)28-11-13-31-14-12-28/h4-10,15,18,21H,11-14,16-17H2,1-3H3/t21-/m1/s1. The van der Waals surface area contributed by atoms with Gasteiger partial charge >= 0.3 is 0 Å². The molecule has 1 atom stereocenters. The number of morpholine rings is 1. The second-order valence-electron chi connectivity index (χ2n) is 8.45. The Labute approximate surface area is 189 Å². The Morgan fingerprint density at radius 3 is 2.59 bits per heavy atom. The lowest BCUT2D eigenvalue weighted by molar-refractivity contribution is 0.0299. The molecule has 2 aromatic carbocycles. The summed E-state index contributed by atoms with van der Waals surface area (Å²) in [5.74, 6) is 0.454. The molecule has 168 valence electrons. The predicted octanol–water partition coefficient (Wildman–Crippen LogP) is 4.53. The van der Waals surface area contributed by atoms with E-state index in [1.165, 1.54) is 28.5 Å². The van der Waals surface area contributed by atoms with Gasteiger partial charge in [-0.05, 0) is 37.5 Å². The van der Waals surface area contributed by atoms with E-state index in [1.54, 1.807) is 4.90 Å². The molecule has 32 heavy (non-hydrogen) atoms. The maximum absolute atomic E-state index is 12.8. The number of oxazole rings is 1. The van der Waals surface area contributed by atoms with Crippen LogP contribution in [0.25, 0.3) is 0 Å². The summed E-state index contributed by atoms with van der Waals surface area (Å²) in [5, 5.41) is 0. The highest BCUT2D eigenvalue weighted by molar-refractivity contribution is 5.92. The van der Waals surface area contributed by atoms with Crippen molar-refractivity contribution in [3.8, 4) is 0 Å². The van der Waals surface area contributed by atoms with E-state index in [9.17, 15) is 4.79 Å². The normalized spacial score (nSPS) is 15.2. The first kappa shape index (κ1) is 22.2. The van der Waals surface area contributed by atoms with Gasteiger partial charge in [0.15, 0.2) is 5.69 Å². The highest BCUT2D eigenvalue weighted by Crippen LogP contribution is 2.26. The Morgan fingerprint density at radius 2 is 1.84 bits per heavy atom. The van der Waals surface area contributed by atoms with Gasteiger partial charge in [0.05, 0.1) is 19.8 Å². The summed E-state index contributed by atoms with van der Waals surface area (Å²) < 4.78 is 11.1. The molecule has 3 aromatic rings. The molecule has 1 aliphatic rings. The largest absolute Gasteiger partial charge is 0.447 e. The van der Waals surface area contributed by atoms with E-state index < -0.39 is 0 Å². The van der Waals surface area contributed by atoms with E-state index in [-0.39, 0.29) is 11.9 Å². The van der Waals surface area contributed by atoms with Crippen molar-refractivity contribution in [2.45, 2.75) is 39.9 Å². The smallest absolute Gasteiger partial charge is 0.275 e. The molecule has 0 bridgehead atoms. The molecule has 0 unspecified atom stereocenters. The number of carbonyl (C=O) groups excluding carboxylic acids is 1. The van der Waals surface area contributed by atoms with Crippen molar-refractivity contribution in [3.05, 3.63) is 88.6 Å². The molecule has 0 saturated carbocycles. The summed E-state index contributed by atoms with van der Waals surface area (Å²) in [5.41, 5.74) is 5.38. The van der Waals surface area contributed by atoms with Crippen LogP contribution in [-0.4, -0.2) is 47.0 Å². The zero-order valence-electron chi connectivity index (χ0n) is 19.1. The molecule has 2 heterocycles. The van der Waals surface area contributed by atoms with Gasteiger partial charge in [0.2, 0.25) is 5.89 Å². The van der Waals surface area contributed by atoms with Gasteiger partial charge in [-0.25, -0.2) is 4.98 Å². The van der Waals surface area contributed by atoms with Crippen LogP contribution in [0.4, 0.5) is 0 Å². The van der Waals surface area contributed by atoms with Gasteiger partial charge in [0.1, 0.15) is 6.26 Å². The van der Waals surface area contributed by atoms with Gasteiger partial charge in [-0.15, -0.1) is 0 Å². The Kier molecular flexibility index (Phi) is 7.02. The number of aromatic nitrogens is 1. The summed E-state index contributed by atoms with van der Waals surface area (Å²) in [6, 6.07) is 17.1. The fraction of sp³-hybridized carbons (Fsp3) is 0.385. The average Bonchev–Trinajstić information content (AvgIpc) is 3.29. The second kappa shape index (κ2) is 10.1. The van der Waals surface area contributed by atoms with Crippen LogP contribution >= 0.6 is 0 Å². The number of hydrogen-bond donors (Lipinski definition) is 0. The SMILES string of the molecule is Cc1ccc(C)c(CN(Cc2nc(C(=O)N3CCOCC3)co2)[C@H](C)c2ccccc2)c1. The number of ether oxygens (including phenoxy) is 1. The molecule has 4 rings (SSSR count). The lowest BCUT2D eigenvalue weighted by Gasteiger charge is -2.29. The molecule has 0 aliphatic carbocycles. The summed E-state index contributed by atoms with van der Waals surface area (Å²) >= 11 is 0. The summed E-state index contributed by atoms with van der Waals surface area (Å²) in [6.45, 7) is 10.0. The van der Waals surface area contributed by atoms with Crippen LogP contribution in [0.15, 0.2) is 59.2 Å². The van der Waals surface area contributed by atoms with E-state index in [2.05, 4.69) is 73.1 Å². The summed E-state index contributed by atoms with van der Waals surface area (Å²) in [7, 11) is 0. The number of benzene rings is 2. The molecule has 1 aliphatic heterocycles. The summed E-state index contributed by atoms with van der Waals surface area (Å²) in [6.07, 6.45) is 1.48. The Balaban J connectivity index is 1.55. The third-order valence-electron chi connectivity index (χ3n) is 6.12. The highest BCUT2D eigenvalue weighted by Gasteiger charge is 2.24. The van der Waals surface area contributed by atoms with Crippen molar-refractivity contribution in [2.24, 2.45) is 0 Å². The van der Waals surface area contributed by atoms with Gasteiger partial charge in [-0.2, -0.15) is 0 Å². The number of aryl methyl sites for hydroxylation is 2. The molecule has 1 saturated heterocycles. The van der Waals surface area contributed by atoms with Gasteiger partial charge in [-0.1, -0.05) is 54.1 Å². The molecular weight excluding hydrogens is 402 g/mol. The van der Waals surface area contributed by atoms with Crippen LogP contribution in [0.5, 0.6) is 0 Å². The van der Waals surface area contributed by atoms with Crippen molar-refractivity contribution < 1.29 is 13.9 Å². The Bertz CT molecular complexity index is 1040. The second-order valence-corrected chi connectivity index (χ2v) is 8.45. The fourth-order valence-corrected chi connectivity index (χ4v) is 4.05. The topological polar surface area (TPSA) is 58.8 Å². The molecule has 6 nitrogen and oxygen atoms in total. The van der Waals surface area contributed by atoms with Gasteiger partial charge in [0, 0.05) is 25.7 Å². The fourth-order valence-electron chi connectivity index (χ4n) is 4.05. The maximum Gasteiger partial charge on any atom is 0.275 e. The number of hydrogen-bond acceptors (Lipinski definition) is 5. The number of carbonyl (C=O) groups is 1. The van der Waals surface area contributed by atoms with Crippen molar-refractivity contribution in [3.63, 3.8) is 0 Å². The first-order valence-electron chi connectivity index (χ1n) is 11.2. The summed E-state index contributed by atoms with van der Waals surface area (Å²) in [4.78, 5) is 21.4. The Morgan fingerprint density at radius 1 is 1.09 bits per heavy atom. The van der Waals surface area contributed by atoms with Crippen LogP contribution in [0.3, 0.4) is 0 Å². The third kappa shape index (κ3) is 5.26. The minimum absolute atomic E-state index is 0.0968. The lowest BCUT2D eigenvalue weighted by Crippen LogP contribution is -2.40.